The van der Waals surface area contributed by atoms with Gasteiger partial charge in [0, 0.05) is 23.6 Å². The van der Waals surface area contributed by atoms with Gasteiger partial charge in [0.05, 0.1) is 13.7 Å². The van der Waals surface area contributed by atoms with Crippen LogP contribution in [0.2, 0.25) is 4.34 Å². The van der Waals surface area contributed by atoms with Crippen molar-refractivity contribution in [1.82, 2.24) is 0 Å². The number of hydrogen-bond donors (Lipinski definition) is 1. The van der Waals surface area contributed by atoms with Crippen molar-refractivity contribution in [2.24, 2.45) is 0 Å². The van der Waals surface area contributed by atoms with Crippen molar-refractivity contribution in [2.45, 2.75) is 6.42 Å². The molecule has 0 unspecified atom stereocenters. The maximum absolute atomic E-state index is 13.5. The third-order valence-electron chi connectivity index (χ3n) is 2.55. The van der Waals surface area contributed by atoms with Crippen molar-refractivity contribution < 1.29 is 9.31 Å². The van der Waals surface area contributed by atoms with Gasteiger partial charge in [0.2, 0.25) is 0 Å². The van der Waals surface area contributed by atoms with Gasteiger partial charge in [0.25, 0.3) is 5.69 Å². The van der Waals surface area contributed by atoms with E-state index in [1.54, 1.807) is 6.07 Å². The fraction of sp³-hybridized carbons (Fsp3) is 0.167. The first-order valence-electron chi connectivity index (χ1n) is 5.59. The van der Waals surface area contributed by atoms with Crippen LogP contribution in [0.5, 0.6) is 0 Å². The first-order valence-corrected chi connectivity index (χ1v) is 7.57. The van der Waals surface area contributed by atoms with Gasteiger partial charge in [0.15, 0.2) is 0 Å². The van der Waals surface area contributed by atoms with Crippen LogP contribution in [0.3, 0.4) is 0 Å². The highest BCUT2D eigenvalue weighted by Gasteiger charge is 2.17. The van der Waals surface area contributed by atoms with E-state index in [0.717, 1.165) is 17.0 Å². The molecule has 0 saturated heterocycles. The normalized spacial score (nSPS) is 10.6. The second-order valence-corrected chi connectivity index (χ2v) is 6.58. The lowest BCUT2D eigenvalue weighted by molar-refractivity contribution is -0.384. The average molecular weight is 380 g/mol. The van der Waals surface area contributed by atoms with E-state index in [9.17, 15) is 14.5 Å². The number of anilines is 1. The van der Waals surface area contributed by atoms with Crippen LogP contribution in [0.1, 0.15) is 4.88 Å². The number of thiophene rings is 1. The van der Waals surface area contributed by atoms with Crippen molar-refractivity contribution in [3.8, 4) is 0 Å². The van der Waals surface area contributed by atoms with Crippen LogP contribution in [0.15, 0.2) is 28.7 Å². The van der Waals surface area contributed by atoms with E-state index >= 15 is 0 Å². The van der Waals surface area contributed by atoms with Crippen LogP contribution in [0.4, 0.5) is 15.8 Å². The van der Waals surface area contributed by atoms with Gasteiger partial charge in [0.1, 0.15) is 11.5 Å². The Balaban J connectivity index is 2.08. The van der Waals surface area contributed by atoms with E-state index in [-0.39, 0.29) is 15.8 Å². The Morgan fingerprint density at radius 3 is 2.80 bits per heavy atom. The highest BCUT2D eigenvalue weighted by molar-refractivity contribution is 9.10. The molecule has 0 amide bonds. The van der Waals surface area contributed by atoms with Crippen LogP contribution in [0.25, 0.3) is 0 Å². The average Bonchev–Trinajstić information content (AvgIpc) is 2.79. The number of nitrogens with one attached hydrogen (secondary N) is 1. The van der Waals surface area contributed by atoms with Gasteiger partial charge in [-0.25, -0.2) is 4.39 Å². The molecule has 4 nitrogen and oxygen atoms in total. The van der Waals surface area contributed by atoms with Crippen LogP contribution in [-0.4, -0.2) is 11.5 Å². The molecule has 1 aromatic carbocycles. The number of nitro groups is 1. The van der Waals surface area contributed by atoms with E-state index in [1.807, 2.05) is 6.07 Å². The minimum atomic E-state index is -0.547. The topological polar surface area (TPSA) is 55.2 Å². The highest BCUT2D eigenvalue weighted by Crippen LogP contribution is 2.30. The molecular formula is C12H9BrClFN2O2S. The second-order valence-electron chi connectivity index (χ2n) is 3.92. The summed E-state index contributed by atoms with van der Waals surface area (Å²) in [5.41, 5.74) is 0.000778. The maximum Gasteiger partial charge on any atom is 0.293 e. The molecule has 0 aliphatic rings. The number of rotatable bonds is 5. The first kappa shape index (κ1) is 15.2. The Bertz CT molecular complexity index is 650. The monoisotopic (exact) mass is 378 g/mol. The van der Waals surface area contributed by atoms with Gasteiger partial charge in [-0.3, -0.25) is 10.1 Å². The quantitative estimate of drug-likeness (QED) is 0.596. The molecule has 0 spiro atoms. The second kappa shape index (κ2) is 6.51. The first-order chi connectivity index (χ1) is 9.47. The zero-order chi connectivity index (χ0) is 14.7. The highest BCUT2D eigenvalue weighted by atomic mass is 79.9. The third-order valence-corrected chi connectivity index (χ3v) is 4.45. The van der Waals surface area contributed by atoms with Crippen LogP contribution >= 0.6 is 38.9 Å². The predicted molar refractivity (Wildman–Crippen MR) is 82.3 cm³/mol. The predicted octanol–water partition coefficient (Wildman–Crippen LogP) is 4.87. The molecule has 0 saturated carbocycles. The number of hydrogen-bond acceptors (Lipinski definition) is 4. The van der Waals surface area contributed by atoms with Crippen molar-refractivity contribution in [3.63, 3.8) is 0 Å². The minimum Gasteiger partial charge on any atom is -0.379 e. The van der Waals surface area contributed by atoms with Crippen molar-refractivity contribution in [1.29, 1.82) is 0 Å². The molecule has 0 bridgehead atoms. The summed E-state index contributed by atoms with van der Waals surface area (Å²) >= 11 is 10.2. The summed E-state index contributed by atoms with van der Waals surface area (Å²) in [7, 11) is 0. The van der Waals surface area contributed by atoms with Crippen molar-refractivity contribution in [3.05, 3.63) is 53.9 Å². The smallest absolute Gasteiger partial charge is 0.293 e. The van der Waals surface area contributed by atoms with Crippen LogP contribution in [-0.2, 0) is 6.42 Å². The van der Waals surface area contributed by atoms with Crippen molar-refractivity contribution >= 4 is 50.2 Å². The molecule has 2 aromatic rings. The molecule has 2 rings (SSSR count). The molecule has 1 aromatic heterocycles. The summed E-state index contributed by atoms with van der Waals surface area (Å²) in [6.45, 7) is 0.457. The molecule has 1 heterocycles. The maximum atomic E-state index is 13.5. The van der Waals surface area contributed by atoms with E-state index < -0.39 is 10.7 Å². The molecule has 1 N–H and O–H groups in total. The standard InChI is InChI=1S/C12H9BrClFN2O2S/c13-8-5-11(17(18)19)10(6-9(8)15)16-4-3-7-1-2-12(14)20-7/h1-2,5-6,16H,3-4H2. The molecule has 0 atom stereocenters. The number of nitro benzene ring substituents is 1. The molecule has 8 heteroatoms. The van der Waals surface area contributed by atoms with Gasteiger partial charge in [-0.1, -0.05) is 11.6 Å². The molecule has 0 radical (unpaired) electrons. The largest absolute Gasteiger partial charge is 0.379 e. The van der Waals surface area contributed by atoms with Crippen molar-refractivity contribution in [2.75, 3.05) is 11.9 Å². The Morgan fingerprint density at radius 1 is 1.45 bits per heavy atom. The fourth-order valence-corrected chi connectivity index (χ4v) is 3.05. The van der Waals surface area contributed by atoms with Gasteiger partial charge >= 0.3 is 0 Å². The van der Waals surface area contributed by atoms with Gasteiger partial charge in [-0.15, -0.1) is 11.3 Å². The molecule has 106 valence electrons. The Labute approximate surface area is 131 Å². The van der Waals surface area contributed by atoms with Gasteiger partial charge in [-0.2, -0.15) is 0 Å². The minimum absolute atomic E-state index is 0.0692. The van der Waals surface area contributed by atoms with E-state index in [1.165, 1.54) is 11.3 Å². The summed E-state index contributed by atoms with van der Waals surface area (Å²) in [6, 6.07) is 5.96. The number of benzene rings is 1. The molecule has 0 aliphatic carbocycles. The summed E-state index contributed by atoms with van der Waals surface area (Å²) in [5.74, 6) is -0.544. The Kier molecular flexibility index (Phi) is 4.95. The summed E-state index contributed by atoms with van der Waals surface area (Å²) in [5, 5.41) is 13.8. The zero-order valence-electron chi connectivity index (χ0n) is 10.0. The Morgan fingerprint density at radius 2 is 2.20 bits per heavy atom. The fourth-order valence-electron chi connectivity index (χ4n) is 1.64. The van der Waals surface area contributed by atoms with E-state index in [2.05, 4.69) is 21.2 Å². The van der Waals surface area contributed by atoms with E-state index in [4.69, 9.17) is 11.6 Å². The van der Waals surface area contributed by atoms with Crippen LogP contribution < -0.4 is 5.32 Å². The summed E-state index contributed by atoms with van der Waals surface area (Å²) in [4.78, 5) is 11.4. The zero-order valence-corrected chi connectivity index (χ0v) is 13.2. The molecule has 20 heavy (non-hydrogen) atoms. The lowest BCUT2D eigenvalue weighted by Crippen LogP contribution is -2.06. The summed E-state index contributed by atoms with van der Waals surface area (Å²) < 4.78 is 14.2. The van der Waals surface area contributed by atoms with Gasteiger partial charge < -0.3 is 5.32 Å². The Hall–Kier alpha value is -1.18. The SMILES string of the molecule is O=[N+]([O-])c1cc(Br)c(F)cc1NCCc1ccc(Cl)s1. The van der Waals surface area contributed by atoms with Gasteiger partial charge in [-0.05, 0) is 34.5 Å². The lowest BCUT2D eigenvalue weighted by atomic mass is 10.2. The van der Waals surface area contributed by atoms with Crippen LogP contribution in [0, 0.1) is 15.9 Å². The third kappa shape index (κ3) is 3.68. The molecule has 0 aliphatic heterocycles. The lowest BCUT2D eigenvalue weighted by Gasteiger charge is -2.07. The summed E-state index contributed by atoms with van der Waals surface area (Å²) in [6.07, 6.45) is 0.659. The molecule has 0 fully saturated rings. The molecular weight excluding hydrogens is 371 g/mol. The number of nitrogens with zero attached hydrogens (tertiary/aromatic N) is 1. The number of halogens is 3. The van der Waals surface area contributed by atoms with E-state index in [0.29, 0.717) is 17.3 Å².